The smallest absolute Gasteiger partial charge is 0.243 e. The summed E-state index contributed by atoms with van der Waals surface area (Å²) in [6, 6.07) is 2.57. The monoisotopic (exact) mass is 314 g/mol. The van der Waals surface area contributed by atoms with Crippen molar-refractivity contribution in [2.45, 2.75) is 37.6 Å². The van der Waals surface area contributed by atoms with Crippen molar-refractivity contribution in [2.75, 3.05) is 27.2 Å². The summed E-state index contributed by atoms with van der Waals surface area (Å²) in [5, 5.41) is 0. The van der Waals surface area contributed by atoms with Crippen LogP contribution in [0, 0.1) is 19.7 Å². The van der Waals surface area contributed by atoms with E-state index in [1.54, 1.807) is 18.2 Å². The Bertz CT molecular complexity index is 606. The lowest BCUT2D eigenvalue weighted by Gasteiger charge is -2.27. The number of halogens is 1. The minimum Gasteiger partial charge on any atom is -0.308 e. The van der Waals surface area contributed by atoms with E-state index in [1.807, 2.05) is 19.0 Å². The van der Waals surface area contributed by atoms with E-state index in [4.69, 9.17) is 0 Å². The lowest BCUT2D eigenvalue weighted by molar-refractivity contribution is 0.291. The van der Waals surface area contributed by atoms with Gasteiger partial charge >= 0.3 is 0 Å². The minimum atomic E-state index is -3.57. The Morgan fingerprint density at radius 1 is 1.29 bits per heavy atom. The summed E-state index contributed by atoms with van der Waals surface area (Å²) < 4.78 is 40.9. The largest absolute Gasteiger partial charge is 0.308 e. The zero-order valence-corrected chi connectivity index (χ0v) is 13.9. The number of benzene rings is 1. The summed E-state index contributed by atoms with van der Waals surface area (Å²) in [5.74, 6) is -0.393. The second-order valence-corrected chi connectivity index (χ2v) is 7.87. The van der Waals surface area contributed by atoms with Crippen LogP contribution in [0.15, 0.2) is 17.0 Å². The molecule has 1 aliphatic heterocycles. The average Bonchev–Trinajstić information content (AvgIpc) is 2.74. The maximum absolute atomic E-state index is 13.4. The van der Waals surface area contributed by atoms with Crippen molar-refractivity contribution in [3.8, 4) is 0 Å². The van der Waals surface area contributed by atoms with E-state index in [1.165, 1.54) is 12.1 Å². The zero-order chi connectivity index (χ0) is 15.8. The van der Waals surface area contributed by atoms with Crippen LogP contribution in [0.25, 0.3) is 0 Å². The highest BCUT2D eigenvalue weighted by Gasteiger charge is 2.37. The van der Waals surface area contributed by atoms with Gasteiger partial charge in [0.2, 0.25) is 10.0 Å². The Balaban J connectivity index is 2.43. The van der Waals surface area contributed by atoms with E-state index in [0.29, 0.717) is 24.2 Å². The Labute approximate surface area is 126 Å². The summed E-state index contributed by atoms with van der Waals surface area (Å²) >= 11 is 0. The lowest BCUT2D eigenvalue weighted by atomic mass is 10.1. The van der Waals surface area contributed by atoms with Gasteiger partial charge in [0.1, 0.15) is 5.82 Å². The van der Waals surface area contributed by atoms with Crippen LogP contribution in [0.2, 0.25) is 0 Å². The molecule has 6 heteroatoms. The zero-order valence-electron chi connectivity index (χ0n) is 13.1. The molecule has 21 heavy (non-hydrogen) atoms. The molecule has 0 spiro atoms. The molecule has 118 valence electrons. The van der Waals surface area contributed by atoms with Gasteiger partial charge in [-0.2, -0.15) is 4.31 Å². The molecule has 1 saturated heterocycles. The predicted octanol–water partition coefficient (Wildman–Crippen LogP) is 2.16. The molecular formula is C15H23FN2O2S. The lowest BCUT2D eigenvalue weighted by Crippen LogP contribution is -2.41. The third-order valence-corrected chi connectivity index (χ3v) is 6.15. The number of likely N-dealkylation sites (N-methyl/N-ethyl adjacent to an activating group) is 1. The van der Waals surface area contributed by atoms with Crippen LogP contribution in [0.3, 0.4) is 0 Å². The second-order valence-electron chi connectivity index (χ2n) is 6.04. The van der Waals surface area contributed by atoms with Crippen molar-refractivity contribution in [3.05, 3.63) is 29.1 Å². The van der Waals surface area contributed by atoms with Gasteiger partial charge in [0.05, 0.1) is 4.90 Å². The number of hydrogen-bond donors (Lipinski definition) is 0. The molecule has 1 heterocycles. The first-order valence-electron chi connectivity index (χ1n) is 7.17. The summed E-state index contributed by atoms with van der Waals surface area (Å²) in [4.78, 5) is 2.26. The highest BCUT2D eigenvalue weighted by atomic mass is 32.2. The third kappa shape index (κ3) is 3.27. The standard InChI is InChI=1S/C15H23FN2O2S/c1-11-8-13(16)9-12(2)15(11)21(19,20)18-7-5-6-14(18)10-17(3)4/h8-9,14H,5-7,10H2,1-4H3. The van der Waals surface area contributed by atoms with Crippen LogP contribution >= 0.6 is 0 Å². The van der Waals surface area contributed by atoms with Crippen molar-refractivity contribution in [3.63, 3.8) is 0 Å². The molecule has 0 saturated carbocycles. The predicted molar refractivity (Wildman–Crippen MR) is 81.3 cm³/mol. The molecule has 1 aromatic carbocycles. The molecule has 4 nitrogen and oxygen atoms in total. The van der Waals surface area contributed by atoms with E-state index >= 15 is 0 Å². The summed E-state index contributed by atoms with van der Waals surface area (Å²) in [7, 11) is 0.312. The van der Waals surface area contributed by atoms with Crippen LogP contribution in [0.4, 0.5) is 4.39 Å². The number of nitrogens with zero attached hydrogens (tertiary/aromatic N) is 2. The molecule has 1 aromatic rings. The first-order chi connectivity index (χ1) is 9.73. The van der Waals surface area contributed by atoms with Gasteiger partial charge in [0.15, 0.2) is 0 Å². The minimum absolute atomic E-state index is 0.00569. The van der Waals surface area contributed by atoms with Crippen molar-refractivity contribution >= 4 is 10.0 Å². The fourth-order valence-electron chi connectivity index (χ4n) is 3.15. The van der Waals surface area contributed by atoms with Gasteiger partial charge < -0.3 is 4.90 Å². The number of rotatable bonds is 4. The van der Waals surface area contributed by atoms with Gasteiger partial charge in [-0.15, -0.1) is 0 Å². The third-order valence-electron chi connectivity index (χ3n) is 3.89. The molecule has 1 fully saturated rings. The van der Waals surface area contributed by atoms with Gasteiger partial charge in [-0.3, -0.25) is 0 Å². The van der Waals surface area contributed by atoms with Crippen molar-refractivity contribution < 1.29 is 12.8 Å². The first-order valence-corrected chi connectivity index (χ1v) is 8.61. The number of aryl methyl sites for hydroxylation is 2. The first kappa shape index (κ1) is 16.4. The molecule has 1 unspecified atom stereocenters. The SMILES string of the molecule is Cc1cc(F)cc(C)c1S(=O)(=O)N1CCCC1CN(C)C. The van der Waals surface area contributed by atoms with E-state index in [2.05, 4.69) is 0 Å². The molecule has 1 aliphatic rings. The quantitative estimate of drug-likeness (QED) is 0.855. The van der Waals surface area contributed by atoms with E-state index in [0.717, 1.165) is 12.8 Å². The van der Waals surface area contributed by atoms with Crippen LogP contribution in [-0.4, -0.2) is 50.8 Å². The normalized spacial score (nSPS) is 20.4. The molecular weight excluding hydrogens is 291 g/mol. The number of hydrogen-bond acceptors (Lipinski definition) is 3. The van der Waals surface area contributed by atoms with Gasteiger partial charge in [-0.1, -0.05) is 0 Å². The van der Waals surface area contributed by atoms with Gasteiger partial charge in [-0.25, -0.2) is 12.8 Å². The van der Waals surface area contributed by atoms with Crippen molar-refractivity contribution in [1.29, 1.82) is 0 Å². The maximum atomic E-state index is 13.4. The fourth-order valence-corrected chi connectivity index (χ4v) is 5.25. The molecule has 1 atom stereocenters. The fraction of sp³-hybridized carbons (Fsp3) is 0.600. The van der Waals surface area contributed by atoms with Crippen molar-refractivity contribution in [1.82, 2.24) is 9.21 Å². The summed E-state index contributed by atoms with van der Waals surface area (Å²) in [6.45, 7) is 4.55. The molecule has 2 rings (SSSR count). The molecule has 0 bridgehead atoms. The van der Waals surface area contributed by atoms with Crippen LogP contribution in [0.1, 0.15) is 24.0 Å². The van der Waals surface area contributed by atoms with Crippen LogP contribution in [-0.2, 0) is 10.0 Å². The van der Waals surface area contributed by atoms with Crippen molar-refractivity contribution in [2.24, 2.45) is 0 Å². The average molecular weight is 314 g/mol. The molecule has 0 amide bonds. The van der Waals surface area contributed by atoms with Gasteiger partial charge in [0, 0.05) is 19.1 Å². The second kappa shape index (κ2) is 6.02. The van der Waals surface area contributed by atoms with Crippen LogP contribution < -0.4 is 0 Å². The Morgan fingerprint density at radius 3 is 2.38 bits per heavy atom. The Kier molecular flexibility index (Phi) is 4.70. The van der Waals surface area contributed by atoms with E-state index < -0.39 is 15.8 Å². The van der Waals surface area contributed by atoms with E-state index in [9.17, 15) is 12.8 Å². The molecule has 0 radical (unpaired) electrons. The topological polar surface area (TPSA) is 40.6 Å². The number of sulfonamides is 1. The van der Waals surface area contributed by atoms with Gasteiger partial charge in [-0.05, 0) is 64.0 Å². The molecule has 0 N–H and O–H groups in total. The van der Waals surface area contributed by atoms with E-state index in [-0.39, 0.29) is 10.9 Å². The molecule has 0 aromatic heterocycles. The summed E-state index contributed by atoms with van der Waals surface area (Å²) in [6.07, 6.45) is 1.74. The Morgan fingerprint density at radius 2 is 1.86 bits per heavy atom. The highest BCUT2D eigenvalue weighted by molar-refractivity contribution is 7.89. The van der Waals surface area contributed by atoms with Gasteiger partial charge in [0.25, 0.3) is 0 Å². The maximum Gasteiger partial charge on any atom is 0.243 e. The highest BCUT2D eigenvalue weighted by Crippen LogP contribution is 2.30. The Hall–Kier alpha value is -0.980. The summed E-state index contributed by atoms with van der Waals surface area (Å²) in [5.41, 5.74) is 0.950. The van der Waals surface area contributed by atoms with Crippen LogP contribution in [0.5, 0.6) is 0 Å². The molecule has 0 aliphatic carbocycles.